The molecule has 0 aromatic heterocycles. The fourth-order valence-corrected chi connectivity index (χ4v) is 1.95. The second-order valence-electron chi connectivity index (χ2n) is 3.07. The predicted octanol–water partition coefficient (Wildman–Crippen LogP) is 2.68. The molecular formula is C11H14BrNOS. The van der Waals surface area contributed by atoms with E-state index in [4.69, 9.17) is 0 Å². The molecule has 1 aromatic rings. The number of carbonyl (C=O) groups excluding carboxylic acids is 1. The maximum absolute atomic E-state index is 11.2. The third-order valence-corrected chi connectivity index (χ3v) is 3.20. The molecule has 1 atom stereocenters. The van der Waals surface area contributed by atoms with Crippen molar-refractivity contribution >= 4 is 33.6 Å². The van der Waals surface area contributed by atoms with Crippen molar-refractivity contribution in [2.24, 2.45) is 0 Å². The van der Waals surface area contributed by atoms with Crippen molar-refractivity contribution in [3.05, 3.63) is 30.3 Å². The Hall–Kier alpha value is -0.480. The first kappa shape index (κ1) is 12.6. The van der Waals surface area contributed by atoms with Crippen LogP contribution in [0.2, 0.25) is 0 Å². The SMILES string of the molecule is CC(Br)C(=O)NCCSc1ccccc1. The van der Waals surface area contributed by atoms with Gasteiger partial charge in [0, 0.05) is 17.2 Å². The molecule has 0 saturated heterocycles. The standard InChI is InChI=1S/C11H14BrNOS/c1-9(12)11(14)13-7-8-15-10-5-3-2-4-6-10/h2-6,9H,7-8H2,1H3,(H,13,14). The summed E-state index contributed by atoms with van der Waals surface area (Å²) >= 11 is 4.96. The molecule has 1 N–H and O–H groups in total. The molecule has 0 fully saturated rings. The molecule has 0 heterocycles. The topological polar surface area (TPSA) is 29.1 Å². The van der Waals surface area contributed by atoms with Gasteiger partial charge in [-0.05, 0) is 19.1 Å². The number of halogens is 1. The number of rotatable bonds is 5. The van der Waals surface area contributed by atoms with Gasteiger partial charge in [0.2, 0.25) is 5.91 Å². The van der Waals surface area contributed by atoms with Crippen molar-refractivity contribution in [3.8, 4) is 0 Å². The van der Waals surface area contributed by atoms with Gasteiger partial charge in [-0.25, -0.2) is 0 Å². The molecule has 1 aromatic carbocycles. The highest BCUT2D eigenvalue weighted by Crippen LogP contribution is 2.15. The van der Waals surface area contributed by atoms with E-state index >= 15 is 0 Å². The zero-order valence-electron chi connectivity index (χ0n) is 8.57. The van der Waals surface area contributed by atoms with Gasteiger partial charge in [0.1, 0.15) is 0 Å². The molecule has 0 aliphatic heterocycles. The minimum Gasteiger partial charge on any atom is -0.354 e. The van der Waals surface area contributed by atoms with Gasteiger partial charge in [0.15, 0.2) is 0 Å². The van der Waals surface area contributed by atoms with Crippen LogP contribution in [0.5, 0.6) is 0 Å². The third kappa shape index (κ3) is 5.23. The Morgan fingerprint density at radius 3 is 2.73 bits per heavy atom. The fourth-order valence-electron chi connectivity index (χ4n) is 1.00. The first-order chi connectivity index (χ1) is 7.20. The highest BCUT2D eigenvalue weighted by molar-refractivity contribution is 9.10. The lowest BCUT2D eigenvalue weighted by molar-refractivity contribution is -0.120. The van der Waals surface area contributed by atoms with E-state index in [-0.39, 0.29) is 10.7 Å². The third-order valence-electron chi connectivity index (χ3n) is 1.77. The van der Waals surface area contributed by atoms with E-state index in [1.807, 2.05) is 25.1 Å². The molecule has 0 aliphatic carbocycles. The number of hydrogen-bond acceptors (Lipinski definition) is 2. The summed E-state index contributed by atoms with van der Waals surface area (Å²) in [6, 6.07) is 10.2. The van der Waals surface area contributed by atoms with Crippen LogP contribution in [0.25, 0.3) is 0 Å². The van der Waals surface area contributed by atoms with Crippen molar-refractivity contribution < 1.29 is 4.79 Å². The Morgan fingerprint density at radius 2 is 2.13 bits per heavy atom. The minimum absolute atomic E-state index is 0.0451. The van der Waals surface area contributed by atoms with E-state index in [0.717, 1.165) is 5.75 Å². The number of benzene rings is 1. The first-order valence-corrected chi connectivity index (χ1v) is 6.70. The number of carbonyl (C=O) groups is 1. The Labute approximate surface area is 103 Å². The summed E-state index contributed by atoms with van der Waals surface area (Å²) in [7, 11) is 0. The normalized spacial score (nSPS) is 12.1. The molecule has 0 saturated carbocycles. The first-order valence-electron chi connectivity index (χ1n) is 4.80. The van der Waals surface area contributed by atoms with Gasteiger partial charge in [-0.2, -0.15) is 0 Å². The van der Waals surface area contributed by atoms with Crippen molar-refractivity contribution in [1.82, 2.24) is 5.32 Å². The molecule has 15 heavy (non-hydrogen) atoms. The lowest BCUT2D eigenvalue weighted by atomic mass is 10.4. The van der Waals surface area contributed by atoms with Crippen LogP contribution < -0.4 is 5.32 Å². The lowest BCUT2D eigenvalue weighted by Gasteiger charge is -2.06. The lowest BCUT2D eigenvalue weighted by Crippen LogP contribution is -2.31. The van der Waals surface area contributed by atoms with E-state index in [9.17, 15) is 4.79 Å². The molecule has 0 spiro atoms. The fraction of sp³-hybridized carbons (Fsp3) is 0.364. The highest BCUT2D eigenvalue weighted by atomic mass is 79.9. The van der Waals surface area contributed by atoms with Gasteiger partial charge in [-0.3, -0.25) is 4.79 Å². The number of amides is 1. The number of alkyl halides is 1. The Kier molecular flexibility index (Phi) is 5.79. The highest BCUT2D eigenvalue weighted by Gasteiger charge is 2.06. The molecule has 1 unspecified atom stereocenters. The van der Waals surface area contributed by atoms with Crippen LogP contribution in [0.1, 0.15) is 6.92 Å². The second-order valence-corrected chi connectivity index (χ2v) is 5.61. The van der Waals surface area contributed by atoms with Crippen LogP contribution in [0.4, 0.5) is 0 Å². The maximum atomic E-state index is 11.2. The van der Waals surface area contributed by atoms with Crippen LogP contribution in [-0.4, -0.2) is 23.0 Å². The summed E-state index contributed by atoms with van der Waals surface area (Å²) < 4.78 is 0. The van der Waals surface area contributed by atoms with Crippen LogP contribution in [0, 0.1) is 0 Å². The predicted molar refractivity (Wildman–Crippen MR) is 68.6 cm³/mol. The van der Waals surface area contributed by atoms with Gasteiger partial charge in [-0.15, -0.1) is 11.8 Å². The van der Waals surface area contributed by atoms with Crippen molar-refractivity contribution in [2.75, 3.05) is 12.3 Å². The van der Waals surface area contributed by atoms with Gasteiger partial charge < -0.3 is 5.32 Å². The second kappa shape index (κ2) is 6.90. The summed E-state index contributed by atoms with van der Waals surface area (Å²) in [6.45, 7) is 2.52. The maximum Gasteiger partial charge on any atom is 0.233 e. The average molecular weight is 288 g/mol. The summed E-state index contributed by atoms with van der Waals surface area (Å²) in [4.78, 5) is 12.3. The monoisotopic (exact) mass is 287 g/mol. The number of thioether (sulfide) groups is 1. The smallest absolute Gasteiger partial charge is 0.233 e. The van der Waals surface area contributed by atoms with E-state index in [1.165, 1.54) is 4.90 Å². The zero-order valence-corrected chi connectivity index (χ0v) is 11.0. The van der Waals surface area contributed by atoms with E-state index in [0.29, 0.717) is 6.54 Å². The summed E-state index contributed by atoms with van der Waals surface area (Å²) in [5, 5.41) is 2.85. The molecule has 82 valence electrons. The molecule has 0 aliphatic rings. The van der Waals surface area contributed by atoms with Gasteiger partial charge >= 0.3 is 0 Å². The number of nitrogens with one attached hydrogen (secondary N) is 1. The molecule has 1 rings (SSSR count). The summed E-state index contributed by atoms with van der Waals surface area (Å²) in [5.74, 6) is 0.943. The average Bonchev–Trinajstić information content (AvgIpc) is 2.25. The van der Waals surface area contributed by atoms with Crippen molar-refractivity contribution in [3.63, 3.8) is 0 Å². The van der Waals surface area contributed by atoms with Crippen molar-refractivity contribution in [1.29, 1.82) is 0 Å². The molecule has 0 bridgehead atoms. The van der Waals surface area contributed by atoms with Crippen LogP contribution >= 0.6 is 27.7 Å². The molecule has 4 heteroatoms. The molecule has 0 radical (unpaired) electrons. The zero-order chi connectivity index (χ0) is 11.1. The van der Waals surface area contributed by atoms with E-state index in [1.54, 1.807) is 11.8 Å². The Bertz CT molecular complexity index is 303. The summed E-state index contributed by atoms with van der Waals surface area (Å²) in [6.07, 6.45) is 0. The van der Waals surface area contributed by atoms with Gasteiger partial charge in [0.05, 0.1) is 4.83 Å². The van der Waals surface area contributed by atoms with Gasteiger partial charge in [0.25, 0.3) is 0 Å². The Morgan fingerprint density at radius 1 is 1.47 bits per heavy atom. The largest absolute Gasteiger partial charge is 0.354 e. The molecule has 2 nitrogen and oxygen atoms in total. The molecular weight excluding hydrogens is 274 g/mol. The number of hydrogen-bond donors (Lipinski definition) is 1. The van der Waals surface area contributed by atoms with Gasteiger partial charge in [-0.1, -0.05) is 34.1 Å². The van der Waals surface area contributed by atoms with Crippen molar-refractivity contribution in [2.45, 2.75) is 16.6 Å². The summed E-state index contributed by atoms with van der Waals surface area (Å²) in [5.41, 5.74) is 0. The van der Waals surface area contributed by atoms with E-state index < -0.39 is 0 Å². The Balaban J connectivity index is 2.15. The molecule has 1 amide bonds. The van der Waals surface area contributed by atoms with Crippen LogP contribution in [-0.2, 0) is 4.79 Å². The quantitative estimate of drug-likeness (QED) is 0.513. The van der Waals surface area contributed by atoms with Crippen LogP contribution in [0.15, 0.2) is 35.2 Å². The minimum atomic E-state index is -0.112. The van der Waals surface area contributed by atoms with Crippen LogP contribution in [0.3, 0.4) is 0 Å². The van der Waals surface area contributed by atoms with E-state index in [2.05, 4.69) is 33.4 Å².